The van der Waals surface area contributed by atoms with E-state index in [2.05, 4.69) is 5.43 Å². The highest BCUT2D eigenvalue weighted by molar-refractivity contribution is 7.99. The standard InChI is InChI=1S/C5H12N2S.ClH/c6-7-5-1-3-8-4-2-5;/h5,7H,1-4,6H2;1H. The third-order valence-electron chi connectivity index (χ3n) is 1.46. The number of nitrogens with two attached hydrogens (primary N) is 1. The molecule has 0 radical (unpaired) electrons. The lowest BCUT2D eigenvalue weighted by atomic mass is 10.2. The van der Waals surface area contributed by atoms with Crippen LogP contribution in [0.3, 0.4) is 0 Å². The van der Waals surface area contributed by atoms with Crippen molar-refractivity contribution in [2.75, 3.05) is 11.5 Å². The molecule has 4 heteroatoms. The fraction of sp³-hybridized carbons (Fsp3) is 1.00. The van der Waals surface area contributed by atoms with E-state index in [-0.39, 0.29) is 13.8 Å². The van der Waals surface area contributed by atoms with E-state index in [1.165, 1.54) is 24.3 Å². The Bertz CT molecular complexity index is 70.7. The largest absolute Gasteiger partial charge is 1.00 e. The van der Waals surface area contributed by atoms with E-state index in [0.717, 1.165) is 0 Å². The van der Waals surface area contributed by atoms with Crippen molar-refractivity contribution in [3.63, 3.8) is 0 Å². The summed E-state index contributed by atoms with van der Waals surface area (Å²) in [7, 11) is 0. The number of halogens is 1. The third-order valence-corrected chi connectivity index (χ3v) is 2.51. The minimum Gasteiger partial charge on any atom is -1.00 e. The molecule has 0 atom stereocenters. The normalized spacial score (nSPS) is 21.0. The molecule has 1 rings (SSSR count). The lowest BCUT2D eigenvalue weighted by molar-refractivity contribution is -0.00000176. The van der Waals surface area contributed by atoms with Gasteiger partial charge in [-0.25, -0.2) is 0 Å². The lowest BCUT2D eigenvalue weighted by Gasteiger charge is -2.19. The smallest absolute Gasteiger partial charge is 1.00 e. The molecule has 0 aromatic rings. The minimum atomic E-state index is 0. The topological polar surface area (TPSA) is 38.0 Å². The summed E-state index contributed by atoms with van der Waals surface area (Å²) in [4.78, 5) is 0. The number of hydrogen-bond donors (Lipinski definition) is 2. The predicted molar refractivity (Wildman–Crippen MR) is 38.8 cm³/mol. The Morgan fingerprint density at radius 2 is 2.00 bits per heavy atom. The van der Waals surface area contributed by atoms with Crippen LogP contribution in [0.25, 0.3) is 0 Å². The van der Waals surface area contributed by atoms with Crippen LogP contribution in [-0.2, 0) is 0 Å². The SMILES string of the molecule is NNC1CCSCC1.[Cl-].[H+]. The van der Waals surface area contributed by atoms with Crippen molar-refractivity contribution in [1.82, 2.24) is 5.43 Å². The first kappa shape index (κ1) is 9.56. The molecule has 1 aliphatic rings. The van der Waals surface area contributed by atoms with Gasteiger partial charge in [-0.05, 0) is 24.3 Å². The number of hydrazine groups is 1. The van der Waals surface area contributed by atoms with Gasteiger partial charge in [-0.3, -0.25) is 11.3 Å². The highest BCUT2D eigenvalue weighted by Gasteiger charge is 2.10. The van der Waals surface area contributed by atoms with Crippen LogP contribution in [0.1, 0.15) is 14.3 Å². The number of nitrogens with one attached hydrogen (secondary N) is 1. The maximum atomic E-state index is 5.24. The molecule has 0 amide bonds. The van der Waals surface area contributed by atoms with Gasteiger partial charge in [0.25, 0.3) is 0 Å². The Balaban J connectivity index is 0. The molecule has 0 aromatic heterocycles. The molecule has 0 aliphatic carbocycles. The van der Waals surface area contributed by atoms with Crippen LogP contribution in [0.2, 0.25) is 0 Å². The van der Waals surface area contributed by atoms with Gasteiger partial charge in [0, 0.05) is 6.04 Å². The summed E-state index contributed by atoms with van der Waals surface area (Å²) in [6, 6.07) is 0.594. The fourth-order valence-corrected chi connectivity index (χ4v) is 1.97. The first-order valence-electron chi connectivity index (χ1n) is 2.97. The molecule has 0 aromatic carbocycles. The van der Waals surface area contributed by atoms with Crippen LogP contribution in [0.15, 0.2) is 0 Å². The first-order chi connectivity index (χ1) is 3.93. The molecule has 9 heavy (non-hydrogen) atoms. The van der Waals surface area contributed by atoms with Gasteiger partial charge < -0.3 is 12.4 Å². The fourth-order valence-electron chi connectivity index (χ4n) is 0.864. The molecule has 1 fully saturated rings. The van der Waals surface area contributed by atoms with E-state index >= 15 is 0 Å². The molecular weight excluding hydrogens is 156 g/mol. The van der Waals surface area contributed by atoms with Crippen LogP contribution in [0.4, 0.5) is 0 Å². The second kappa shape index (κ2) is 5.35. The summed E-state index contributed by atoms with van der Waals surface area (Å²) >= 11 is 2.02. The zero-order valence-corrected chi connectivity index (χ0v) is 6.84. The summed E-state index contributed by atoms with van der Waals surface area (Å²) in [5, 5.41) is 0. The molecule has 0 saturated carbocycles. The number of thioether (sulfide) groups is 1. The zero-order valence-electron chi connectivity index (χ0n) is 6.27. The van der Waals surface area contributed by atoms with E-state index < -0.39 is 0 Å². The highest BCUT2D eigenvalue weighted by atomic mass is 35.5. The van der Waals surface area contributed by atoms with Crippen LogP contribution in [0, 0.1) is 0 Å². The Hall–Kier alpha value is 0.560. The van der Waals surface area contributed by atoms with Gasteiger partial charge in [0.2, 0.25) is 0 Å². The van der Waals surface area contributed by atoms with Crippen molar-refractivity contribution < 1.29 is 13.8 Å². The first-order valence-corrected chi connectivity index (χ1v) is 4.13. The van der Waals surface area contributed by atoms with Crippen molar-refractivity contribution in [3.05, 3.63) is 0 Å². The van der Waals surface area contributed by atoms with Crippen LogP contribution in [-0.4, -0.2) is 17.5 Å². The van der Waals surface area contributed by atoms with E-state index in [1.54, 1.807) is 0 Å². The molecule has 2 nitrogen and oxygen atoms in total. The molecule has 3 N–H and O–H groups in total. The molecule has 0 bridgehead atoms. The van der Waals surface area contributed by atoms with Crippen molar-refractivity contribution in [2.24, 2.45) is 5.84 Å². The Labute approximate surface area is 67.8 Å². The van der Waals surface area contributed by atoms with Gasteiger partial charge in [0.05, 0.1) is 0 Å². The van der Waals surface area contributed by atoms with Crippen LogP contribution < -0.4 is 23.7 Å². The van der Waals surface area contributed by atoms with E-state index in [9.17, 15) is 0 Å². The van der Waals surface area contributed by atoms with E-state index in [1.807, 2.05) is 11.8 Å². The zero-order chi connectivity index (χ0) is 5.82. The summed E-state index contributed by atoms with van der Waals surface area (Å²) < 4.78 is 0. The number of hydrogen-bond acceptors (Lipinski definition) is 3. The molecule has 0 unspecified atom stereocenters. The van der Waals surface area contributed by atoms with Crippen molar-refractivity contribution in [1.29, 1.82) is 0 Å². The molecular formula is C5H13ClN2S. The molecule has 1 saturated heterocycles. The summed E-state index contributed by atoms with van der Waals surface area (Å²) in [5.74, 6) is 7.79. The van der Waals surface area contributed by atoms with E-state index in [4.69, 9.17) is 5.84 Å². The summed E-state index contributed by atoms with van der Waals surface area (Å²) in [6.45, 7) is 0. The molecule has 1 heterocycles. The van der Waals surface area contributed by atoms with Gasteiger partial charge in [-0.1, -0.05) is 0 Å². The molecule has 0 spiro atoms. The monoisotopic (exact) mass is 168 g/mol. The Morgan fingerprint density at radius 1 is 1.44 bits per heavy atom. The minimum absolute atomic E-state index is 0. The Kier molecular flexibility index (Phi) is 5.69. The molecule has 1 aliphatic heterocycles. The second-order valence-electron chi connectivity index (χ2n) is 2.05. The number of rotatable bonds is 1. The van der Waals surface area contributed by atoms with Crippen LogP contribution in [0.5, 0.6) is 0 Å². The van der Waals surface area contributed by atoms with Crippen molar-refractivity contribution >= 4 is 11.8 Å². The van der Waals surface area contributed by atoms with Gasteiger partial charge in [-0.2, -0.15) is 11.8 Å². The van der Waals surface area contributed by atoms with Gasteiger partial charge in [-0.15, -0.1) is 0 Å². The van der Waals surface area contributed by atoms with Crippen LogP contribution >= 0.6 is 11.8 Å². The van der Waals surface area contributed by atoms with Gasteiger partial charge in [0.1, 0.15) is 0 Å². The van der Waals surface area contributed by atoms with Crippen molar-refractivity contribution in [3.8, 4) is 0 Å². The second-order valence-corrected chi connectivity index (χ2v) is 3.28. The van der Waals surface area contributed by atoms with Gasteiger partial charge >= 0.3 is 1.43 Å². The van der Waals surface area contributed by atoms with E-state index in [0.29, 0.717) is 6.04 Å². The lowest BCUT2D eigenvalue weighted by Crippen LogP contribution is -3.00. The highest BCUT2D eigenvalue weighted by Crippen LogP contribution is 2.15. The summed E-state index contributed by atoms with van der Waals surface area (Å²) in [5.41, 5.74) is 2.79. The third kappa shape index (κ3) is 3.30. The Morgan fingerprint density at radius 3 is 2.33 bits per heavy atom. The quantitative estimate of drug-likeness (QED) is 0.335. The van der Waals surface area contributed by atoms with Gasteiger partial charge in [0.15, 0.2) is 0 Å². The maximum absolute atomic E-state index is 5.24. The molecule has 56 valence electrons. The maximum Gasteiger partial charge on any atom is 1.00 e. The van der Waals surface area contributed by atoms with Crippen molar-refractivity contribution in [2.45, 2.75) is 18.9 Å². The average Bonchev–Trinajstić information content (AvgIpc) is 1.90. The average molecular weight is 169 g/mol. The summed E-state index contributed by atoms with van der Waals surface area (Å²) in [6.07, 6.45) is 2.47. The predicted octanol–water partition coefficient (Wildman–Crippen LogP) is -2.54.